The highest BCUT2D eigenvalue weighted by Gasteiger charge is 2.15. The fraction of sp³-hybridized carbons (Fsp3) is 0.455. The number of rotatable bonds is 4. The van der Waals surface area contributed by atoms with E-state index in [-0.39, 0.29) is 11.5 Å². The third-order valence-electron chi connectivity index (χ3n) is 2.34. The van der Waals surface area contributed by atoms with E-state index in [0.717, 1.165) is 11.1 Å². The second-order valence-electron chi connectivity index (χ2n) is 3.72. The van der Waals surface area contributed by atoms with E-state index >= 15 is 0 Å². The van der Waals surface area contributed by atoms with E-state index in [4.69, 9.17) is 5.73 Å². The molecule has 84 valence electrons. The van der Waals surface area contributed by atoms with Gasteiger partial charge in [-0.2, -0.15) is 0 Å². The van der Waals surface area contributed by atoms with Gasteiger partial charge in [0.15, 0.2) is 9.84 Å². The van der Waals surface area contributed by atoms with Crippen molar-refractivity contribution in [1.82, 2.24) is 0 Å². The molecular formula is C11H17NO2S. The van der Waals surface area contributed by atoms with Crippen LogP contribution in [0, 0.1) is 6.92 Å². The summed E-state index contributed by atoms with van der Waals surface area (Å²) in [4.78, 5) is 0. The average molecular weight is 227 g/mol. The molecule has 0 spiro atoms. The summed E-state index contributed by atoms with van der Waals surface area (Å²) in [7, 11) is -3.00. The second-order valence-corrected chi connectivity index (χ2v) is 6.12. The molecule has 0 amide bonds. The van der Waals surface area contributed by atoms with Crippen molar-refractivity contribution in [3.05, 3.63) is 35.4 Å². The SMILES string of the molecule is CCS(=O)(=O)C[C@H](N)c1cccc(C)c1. The van der Waals surface area contributed by atoms with Gasteiger partial charge in [-0.3, -0.25) is 0 Å². The van der Waals surface area contributed by atoms with Crippen molar-refractivity contribution in [2.75, 3.05) is 11.5 Å². The maximum absolute atomic E-state index is 11.4. The minimum absolute atomic E-state index is 0.0208. The zero-order chi connectivity index (χ0) is 11.5. The minimum Gasteiger partial charge on any atom is -0.323 e. The van der Waals surface area contributed by atoms with Crippen LogP contribution in [0.15, 0.2) is 24.3 Å². The van der Waals surface area contributed by atoms with Crippen molar-refractivity contribution in [2.24, 2.45) is 5.73 Å². The van der Waals surface area contributed by atoms with Crippen LogP contribution in [0.2, 0.25) is 0 Å². The van der Waals surface area contributed by atoms with Gasteiger partial charge in [-0.25, -0.2) is 8.42 Å². The molecule has 0 fully saturated rings. The summed E-state index contributed by atoms with van der Waals surface area (Å²) in [6.45, 7) is 3.60. The normalized spacial score (nSPS) is 13.8. The molecule has 2 N–H and O–H groups in total. The van der Waals surface area contributed by atoms with Gasteiger partial charge in [0.25, 0.3) is 0 Å². The van der Waals surface area contributed by atoms with Gasteiger partial charge in [-0.15, -0.1) is 0 Å². The first-order valence-electron chi connectivity index (χ1n) is 4.97. The molecule has 4 heteroatoms. The van der Waals surface area contributed by atoms with Crippen LogP contribution in [0.3, 0.4) is 0 Å². The van der Waals surface area contributed by atoms with Gasteiger partial charge in [0, 0.05) is 11.8 Å². The molecule has 0 unspecified atom stereocenters. The van der Waals surface area contributed by atoms with E-state index in [2.05, 4.69) is 0 Å². The Balaban J connectivity index is 2.82. The lowest BCUT2D eigenvalue weighted by molar-refractivity contribution is 0.590. The van der Waals surface area contributed by atoms with Crippen LogP contribution < -0.4 is 5.73 Å². The predicted molar refractivity (Wildman–Crippen MR) is 62.4 cm³/mol. The first-order chi connectivity index (χ1) is 6.94. The molecule has 1 aromatic carbocycles. The lowest BCUT2D eigenvalue weighted by atomic mass is 10.1. The fourth-order valence-corrected chi connectivity index (χ4v) is 2.36. The first kappa shape index (κ1) is 12.2. The largest absolute Gasteiger partial charge is 0.323 e. The van der Waals surface area contributed by atoms with Crippen molar-refractivity contribution in [3.8, 4) is 0 Å². The van der Waals surface area contributed by atoms with E-state index in [1.165, 1.54) is 0 Å². The molecule has 0 heterocycles. The van der Waals surface area contributed by atoms with Gasteiger partial charge >= 0.3 is 0 Å². The van der Waals surface area contributed by atoms with Gasteiger partial charge in [0.05, 0.1) is 5.75 Å². The summed E-state index contributed by atoms with van der Waals surface area (Å²) in [5.74, 6) is 0.166. The smallest absolute Gasteiger partial charge is 0.151 e. The zero-order valence-electron chi connectivity index (χ0n) is 9.10. The summed E-state index contributed by atoms with van der Waals surface area (Å²) in [6.07, 6.45) is 0. The molecule has 0 radical (unpaired) electrons. The monoisotopic (exact) mass is 227 g/mol. The van der Waals surface area contributed by atoms with Crippen LogP contribution in [-0.2, 0) is 9.84 Å². The molecule has 0 aliphatic rings. The van der Waals surface area contributed by atoms with Crippen LogP contribution in [-0.4, -0.2) is 19.9 Å². The Kier molecular flexibility index (Phi) is 3.88. The van der Waals surface area contributed by atoms with E-state index in [9.17, 15) is 8.42 Å². The van der Waals surface area contributed by atoms with Crippen molar-refractivity contribution in [2.45, 2.75) is 19.9 Å². The molecule has 0 saturated heterocycles. The van der Waals surface area contributed by atoms with E-state index in [1.54, 1.807) is 6.92 Å². The molecule has 0 aliphatic carbocycles. The Morgan fingerprint density at radius 3 is 2.60 bits per heavy atom. The number of sulfone groups is 1. The van der Waals surface area contributed by atoms with Gasteiger partial charge in [0.1, 0.15) is 0 Å². The third kappa shape index (κ3) is 3.64. The Hall–Kier alpha value is -0.870. The summed E-state index contributed by atoms with van der Waals surface area (Å²) < 4.78 is 22.8. The number of benzene rings is 1. The second kappa shape index (κ2) is 4.77. The maximum atomic E-state index is 11.4. The van der Waals surface area contributed by atoms with Crippen molar-refractivity contribution in [1.29, 1.82) is 0 Å². The quantitative estimate of drug-likeness (QED) is 0.846. The fourth-order valence-electron chi connectivity index (χ4n) is 1.39. The average Bonchev–Trinajstić information content (AvgIpc) is 2.17. The van der Waals surface area contributed by atoms with Crippen LogP contribution in [0.4, 0.5) is 0 Å². The number of aryl methyl sites for hydroxylation is 1. The van der Waals surface area contributed by atoms with Gasteiger partial charge in [-0.1, -0.05) is 36.8 Å². The molecule has 15 heavy (non-hydrogen) atoms. The van der Waals surface area contributed by atoms with Crippen molar-refractivity contribution in [3.63, 3.8) is 0 Å². The van der Waals surface area contributed by atoms with Gasteiger partial charge < -0.3 is 5.73 Å². The summed E-state index contributed by atoms with van der Waals surface area (Å²) in [5.41, 5.74) is 7.82. The molecule has 0 aromatic heterocycles. The Morgan fingerprint density at radius 2 is 2.07 bits per heavy atom. The van der Waals surface area contributed by atoms with Crippen molar-refractivity contribution < 1.29 is 8.42 Å². The highest BCUT2D eigenvalue weighted by atomic mass is 32.2. The molecule has 0 saturated carbocycles. The number of nitrogens with two attached hydrogens (primary N) is 1. The van der Waals surface area contributed by atoms with E-state index in [1.807, 2.05) is 31.2 Å². The Labute approximate surface area is 91.2 Å². The van der Waals surface area contributed by atoms with Crippen LogP contribution in [0.25, 0.3) is 0 Å². The van der Waals surface area contributed by atoms with Gasteiger partial charge in [0.2, 0.25) is 0 Å². The first-order valence-corrected chi connectivity index (χ1v) is 6.79. The Bertz CT molecular complexity index is 426. The molecule has 3 nitrogen and oxygen atoms in total. The Morgan fingerprint density at radius 1 is 1.40 bits per heavy atom. The molecule has 1 atom stereocenters. The topological polar surface area (TPSA) is 60.2 Å². The highest BCUT2D eigenvalue weighted by Crippen LogP contribution is 2.14. The van der Waals surface area contributed by atoms with Crippen LogP contribution in [0.5, 0.6) is 0 Å². The van der Waals surface area contributed by atoms with E-state index in [0.29, 0.717) is 0 Å². The molecule has 0 aliphatic heterocycles. The lowest BCUT2D eigenvalue weighted by Crippen LogP contribution is -2.22. The molecular weight excluding hydrogens is 210 g/mol. The number of hydrogen-bond acceptors (Lipinski definition) is 3. The zero-order valence-corrected chi connectivity index (χ0v) is 9.92. The highest BCUT2D eigenvalue weighted by molar-refractivity contribution is 7.91. The maximum Gasteiger partial charge on any atom is 0.151 e. The third-order valence-corrected chi connectivity index (χ3v) is 4.09. The summed E-state index contributed by atoms with van der Waals surface area (Å²) >= 11 is 0. The standard InChI is InChI=1S/C11H17NO2S/c1-3-15(13,14)8-11(12)10-6-4-5-9(2)7-10/h4-7,11H,3,8,12H2,1-2H3/t11-/m0/s1. The van der Waals surface area contributed by atoms with Crippen LogP contribution >= 0.6 is 0 Å². The molecule has 1 aromatic rings. The van der Waals surface area contributed by atoms with Gasteiger partial charge in [-0.05, 0) is 12.5 Å². The molecule has 1 rings (SSSR count). The van der Waals surface area contributed by atoms with E-state index < -0.39 is 15.9 Å². The lowest BCUT2D eigenvalue weighted by Gasteiger charge is -2.12. The summed E-state index contributed by atoms with van der Waals surface area (Å²) in [6, 6.07) is 7.22. The number of hydrogen-bond donors (Lipinski definition) is 1. The minimum atomic E-state index is -3.00. The molecule has 0 bridgehead atoms. The summed E-state index contributed by atoms with van der Waals surface area (Å²) in [5, 5.41) is 0. The predicted octanol–water partition coefficient (Wildman–Crippen LogP) is 1.43. The van der Waals surface area contributed by atoms with Crippen molar-refractivity contribution >= 4 is 9.84 Å². The van der Waals surface area contributed by atoms with Crippen LogP contribution in [0.1, 0.15) is 24.1 Å².